The predicted molar refractivity (Wildman–Crippen MR) is 155 cm³/mol. The fourth-order valence-electron chi connectivity index (χ4n) is 4.94. The summed E-state index contributed by atoms with van der Waals surface area (Å²) in [5, 5.41) is 3.00. The van der Waals surface area contributed by atoms with Crippen LogP contribution in [-0.2, 0) is 19.6 Å². The van der Waals surface area contributed by atoms with E-state index in [1.807, 2.05) is 0 Å². The molecule has 0 spiro atoms. The van der Waals surface area contributed by atoms with Gasteiger partial charge in [0.05, 0.1) is 10.6 Å². The quantitative estimate of drug-likeness (QED) is 0.352. The Morgan fingerprint density at radius 1 is 0.905 bits per heavy atom. The van der Waals surface area contributed by atoms with E-state index in [-0.39, 0.29) is 41.4 Å². The predicted octanol–water partition coefficient (Wildman–Crippen LogP) is 5.84. The third-order valence-electron chi connectivity index (χ3n) is 7.17. The SMILES string of the molecule is O=C(Nc1cc(S(=O)(=O)N2CCCCC2)ccc1Oc1ccc(Cl)cc1)C(=O)N1CC=C(c2c(F)cccc2F)CC1. The minimum Gasteiger partial charge on any atom is -0.455 e. The average molecular weight is 616 g/mol. The molecule has 3 aromatic carbocycles. The van der Waals surface area contributed by atoms with Gasteiger partial charge >= 0.3 is 11.8 Å². The van der Waals surface area contributed by atoms with Gasteiger partial charge in [-0.05, 0) is 79.4 Å². The number of amides is 2. The molecule has 8 nitrogen and oxygen atoms in total. The highest BCUT2D eigenvalue weighted by atomic mass is 35.5. The fraction of sp³-hybridized carbons (Fsp3) is 0.267. The van der Waals surface area contributed by atoms with Crippen LogP contribution in [0.5, 0.6) is 11.5 Å². The van der Waals surface area contributed by atoms with Crippen LogP contribution < -0.4 is 10.1 Å². The second-order valence-corrected chi connectivity index (χ2v) is 12.3. The van der Waals surface area contributed by atoms with Gasteiger partial charge in [-0.15, -0.1) is 0 Å². The first-order valence-electron chi connectivity index (χ1n) is 13.4. The molecule has 0 saturated carbocycles. The van der Waals surface area contributed by atoms with E-state index < -0.39 is 33.5 Å². The molecule has 3 aromatic rings. The number of anilines is 1. The summed E-state index contributed by atoms with van der Waals surface area (Å²) in [5.74, 6) is -2.81. The highest BCUT2D eigenvalue weighted by Gasteiger charge is 2.29. The molecule has 220 valence electrons. The number of benzene rings is 3. The van der Waals surface area contributed by atoms with Crippen LogP contribution in [0.15, 0.2) is 71.6 Å². The summed E-state index contributed by atoms with van der Waals surface area (Å²) in [6, 6.07) is 14.1. The molecule has 42 heavy (non-hydrogen) atoms. The van der Waals surface area contributed by atoms with Crippen molar-refractivity contribution in [2.45, 2.75) is 30.6 Å². The standard InChI is InChI=1S/C30H28ClF2N3O5S/c31-21-7-9-22(10-8-21)41-27-12-11-23(42(39,40)36-15-2-1-3-16-36)19-26(27)34-29(37)30(38)35-17-13-20(14-18-35)28-24(32)5-4-6-25(28)33/h4-13,19H,1-3,14-18H2,(H,34,37). The summed E-state index contributed by atoms with van der Waals surface area (Å²) >= 11 is 5.96. The zero-order valence-electron chi connectivity index (χ0n) is 22.5. The summed E-state index contributed by atoms with van der Waals surface area (Å²) in [7, 11) is -3.85. The number of carbonyl (C=O) groups is 2. The molecule has 0 aliphatic carbocycles. The van der Waals surface area contributed by atoms with E-state index in [1.54, 1.807) is 24.3 Å². The van der Waals surface area contributed by atoms with Crippen molar-refractivity contribution in [3.05, 3.63) is 89.0 Å². The molecule has 0 radical (unpaired) electrons. The Morgan fingerprint density at radius 2 is 1.60 bits per heavy atom. The first-order valence-corrected chi connectivity index (χ1v) is 15.3. The first-order chi connectivity index (χ1) is 20.1. The van der Waals surface area contributed by atoms with Crippen molar-refractivity contribution >= 4 is 44.7 Å². The maximum Gasteiger partial charge on any atom is 0.314 e. The summed E-state index contributed by atoms with van der Waals surface area (Å²) in [4.78, 5) is 27.4. The third-order valence-corrected chi connectivity index (χ3v) is 9.31. The molecule has 2 amide bonds. The number of ether oxygens (including phenoxy) is 1. The van der Waals surface area contributed by atoms with Gasteiger partial charge in [0.15, 0.2) is 5.75 Å². The van der Waals surface area contributed by atoms with E-state index in [0.717, 1.165) is 31.4 Å². The van der Waals surface area contributed by atoms with Gasteiger partial charge < -0.3 is 15.0 Å². The molecule has 2 heterocycles. The van der Waals surface area contributed by atoms with E-state index in [0.29, 0.717) is 29.4 Å². The van der Waals surface area contributed by atoms with Crippen molar-refractivity contribution in [1.29, 1.82) is 0 Å². The van der Waals surface area contributed by atoms with Crippen LogP contribution in [0.1, 0.15) is 31.2 Å². The van der Waals surface area contributed by atoms with Crippen LogP contribution in [0, 0.1) is 11.6 Å². The average Bonchev–Trinajstić information content (AvgIpc) is 2.99. The lowest BCUT2D eigenvalue weighted by atomic mass is 9.98. The molecule has 5 rings (SSSR count). The lowest BCUT2D eigenvalue weighted by molar-refractivity contribution is -0.142. The number of rotatable bonds is 6. The van der Waals surface area contributed by atoms with E-state index in [9.17, 15) is 26.8 Å². The van der Waals surface area contributed by atoms with Crippen molar-refractivity contribution in [2.75, 3.05) is 31.5 Å². The van der Waals surface area contributed by atoms with Gasteiger partial charge in [-0.25, -0.2) is 17.2 Å². The lowest BCUT2D eigenvalue weighted by Gasteiger charge is -2.27. The third kappa shape index (κ3) is 6.48. The Morgan fingerprint density at radius 3 is 2.24 bits per heavy atom. The number of hydrogen-bond donors (Lipinski definition) is 1. The van der Waals surface area contributed by atoms with Gasteiger partial charge in [-0.1, -0.05) is 30.2 Å². The molecule has 0 aromatic heterocycles. The Bertz CT molecular complexity index is 1620. The van der Waals surface area contributed by atoms with E-state index >= 15 is 0 Å². The summed E-state index contributed by atoms with van der Waals surface area (Å²) in [6.07, 6.45) is 4.11. The molecule has 0 unspecified atom stereocenters. The van der Waals surface area contributed by atoms with E-state index in [2.05, 4.69) is 5.32 Å². The molecule has 1 N–H and O–H groups in total. The molecule has 1 saturated heterocycles. The number of nitrogens with zero attached hydrogens (tertiary/aromatic N) is 2. The maximum absolute atomic E-state index is 14.2. The minimum atomic E-state index is -3.85. The molecule has 0 bridgehead atoms. The van der Waals surface area contributed by atoms with Gasteiger partial charge in [-0.3, -0.25) is 9.59 Å². The van der Waals surface area contributed by atoms with Gasteiger partial charge in [0.25, 0.3) is 0 Å². The van der Waals surface area contributed by atoms with Crippen LogP contribution in [0.4, 0.5) is 14.5 Å². The molecule has 2 aliphatic rings. The zero-order valence-corrected chi connectivity index (χ0v) is 24.1. The molecule has 0 atom stereocenters. The van der Waals surface area contributed by atoms with E-state index in [1.165, 1.54) is 39.5 Å². The van der Waals surface area contributed by atoms with Crippen molar-refractivity contribution in [3.8, 4) is 11.5 Å². The Balaban J connectivity index is 1.38. The number of sulfonamides is 1. The molecule has 1 fully saturated rings. The number of piperidine rings is 1. The van der Waals surface area contributed by atoms with Gasteiger partial charge in [0.2, 0.25) is 10.0 Å². The van der Waals surface area contributed by atoms with Crippen LogP contribution in [0.25, 0.3) is 5.57 Å². The van der Waals surface area contributed by atoms with Crippen molar-refractivity contribution in [1.82, 2.24) is 9.21 Å². The van der Waals surface area contributed by atoms with Crippen LogP contribution in [-0.4, -0.2) is 55.6 Å². The van der Waals surface area contributed by atoms with Gasteiger partial charge in [0, 0.05) is 36.8 Å². The summed E-state index contributed by atoms with van der Waals surface area (Å²) < 4.78 is 62.4. The topological polar surface area (TPSA) is 96.0 Å². The largest absolute Gasteiger partial charge is 0.455 e. The van der Waals surface area contributed by atoms with Crippen molar-refractivity contribution < 1.29 is 31.5 Å². The highest BCUT2D eigenvalue weighted by Crippen LogP contribution is 2.34. The number of nitrogens with one attached hydrogen (secondary N) is 1. The van der Waals surface area contributed by atoms with Crippen LogP contribution >= 0.6 is 11.6 Å². The van der Waals surface area contributed by atoms with Crippen LogP contribution in [0.3, 0.4) is 0 Å². The minimum absolute atomic E-state index is 0.0111. The monoisotopic (exact) mass is 615 g/mol. The second-order valence-electron chi connectivity index (χ2n) is 9.96. The maximum atomic E-state index is 14.2. The Kier molecular flexibility index (Phi) is 8.91. The number of hydrogen-bond acceptors (Lipinski definition) is 5. The first kappa shape index (κ1) is 29.7. The number of carbonyl (C=O) groups excluding carboxylic acids is 2. The van der Waals surface area contributed by atoms with Gasteiger partial charge in [0.1, 0.15) is 17.4 Å². The second kappa shape index (κ2) is 12.6. The normalized spacial score (nSPS) is 16.1. The van der Waals surface area contributed by atoms with Crippen molar-refractivity contribution in [3.63, 3.8) is 0 Å². The summed E-state index contributed by atoms with van der Waals surface area (Å²) in [5.41, 5.74) is 0.247. The Labute approximate surface area is 247 Å². The van der Waals surface area contributed by atoms with Gasteiger partial charge in [-0.2, -0.15) is 4.31 Å². The molecular weight excluding hydrogens is 588 g/mol. The summed E-state index contributed by atoms with van der Waals surface area (Å²) in [6.45, 7) is 0.815. The Hall–Kier alpha value is -3.80. The molecule has 12 heteroatoms. The number of halogens is 3. The zero-order chi connectivity index (χ0) is 29.9. The molecular formula is C30H28ClF2N3O5S. The lowest BCUT2D eigenvalue weighted by Crippen LogP contribution is -2.42. The smallest absolute Gasteiger partial charge is 0.314 e. The molecule has 2 aliphatic heterocycles. The van der Waals surface area contributed by atoms with E-state index in [4.69, 9.17) is 16.3 Å². The highest BCUT2D eigenvalue weighted by molar-refractivity contribution is 7.89. The van der Waals surface area contributed by atoms with Crippen LogP contribution in [0.2, 0.25) is 5.02 Å². The van der Waals surface area contributed by atoms with Crippen molar-refractivity contribution in [2.24, 2.45) is 0 Å². The fourth-order valence-corrected chi connectivity index (χ4v) is 6.61.